The lowest BCUT2D eigenvalue weighted by Gasteiger charge is -2.32. The number of carbonyl (C=O) groups excluding carboxylic acids is 4. The van der Waals surface area contributed by atoms with E-state index in [1.165, 1.54) is 19.2 Å². The lowest BCUT2D eigenvalue weighted by atomic mass is 9.77. The summed E-state index contributed by atoms with van der Waals surface area (Å²) < 4.78 is 42.3. The van der Waals surface area contributed by atoms with E-state index in [0.717, 1.165) is 26.6 Å². The minimum absolute atomic E-state index is 0.0562. The van der Waals surface area contributed by atoms with Gasteiger partial charge in [-0.15, -0.1) is 0 Å². The normalized spacial score (nSPS) is 16.7. The second kappa shape index (κ2) is 18.2. The molecular weight excluding hydrogens is 925 g/mol. The summed E-state index contributed by atoms with van der Waals surface area (Å²) in [4.78, 5) is 45.6. The van der Waals surface area contributed by atoms with Crippen LogP contribution in [0.5, 0.6) is 17.2 Å². The fourth-order valence-corrected chi connectivity index (χ4v) is 8.01. The molecule has 4 aromatic rings. The topological polar surface area (TPSA) is 203 Å². The minimum atomic E-state index is -1.56. The van der Waals surface area contributed by atoms with Gasteiger partial charge in [-0.25, -0.2) is 4.39 Å². The van der Waals surface area contributed by atoms with Gasteiger partial charge in [-0.1, -0.05) is 44.0 Å². The summed E-state index contributed by atoms with van der Waals surface area (Å²) in [7, 11) is 2.56. The molecule has 4 amide bonds. The predicted octanol–water partition coefficient (Wildman–Crippen LogP) is 3.39. The molecule has 1 saturated heterocycles. The average molecular weight is 968 g/mol. The fourth-order valence-electron chi connectivity index (χ4n) is 7.04. The van der Waals surface area contributed by atoms with Crippen molar-refractivity contribution in [1.82, 2.24) is 21.3 Å². The SMILES string of the molecule is COc1cc(B(O)O)cc2c1C(=O)NC2.COc1cc(B2OC(C)(C)C(C)(C)O2)cc2c1C(=O)NC2.COc1cc(Br)cc2c1C(=O)NC2.O=C1NCc2cc(Br)cc(F)c21. The Kier molecular flexibility index (Phi) is 13.6. The molecule has 0 radical (unpaired) electrons. The van der Waals surface area contributed by atoms with Gasteiger partial charge in [-0.3, -0.25) is 19.2 Å². The zero-order chi connectivity index (χ0) is 44.6. The molecule has 320 valence electrons. The molecule has 9 rings (SSSR count). The Morgan fingerprint density at radius 1 is 0.590 bits per heavy atom. The molecule has 0 spiro atoms. The molecule has 5 aliphatic heterocycles. The van der Waals surface area contributed by atoms with Crippen molar-refractivity contribution < 1.29 is 57.1 Å². The van der Waals surface area contributed by atoms with Crippen molar-refractivity contribution in [2.24, 2.45) is 0 Å². The Morgan fingerprint density at radius 3 is 1.43 bits per heavy atom. The Hall–Kier alpha value is -4.98. The van der Waals surface area contributed by atoms with Crippen molar-refractivity contribution in [3.63, 3.8) is 0 Å². The molecule has 0 atom stereocenters. The third-order valence-electron chi connectivity index (χ3n) is 10.8. The van der Waals surface area contributed by atoms with Crippen molar-refractivity contribution in [3.05, 3.63) is 108 Å². The van der Waals surface area contributed by atoms with E-state index in [9.17, 15) is 23.6 Å². The first-order chi connectivity index (χ1) is 28.8. The van der Waals surface area contributed by atoms with Crippen LogP contribution in [0.2, 0.25) is 0 Å². The minimum Gasteiger partial charge on any atom is -0.496 e. The number of halogens is 3. The molecule has 15 nitrogen and oxygen atoms in total. The molecule has 0 bridgehead atoms. The van der Waals surface area contributed by atoms with Gasteiger partial charge in [0.1, 0.15) is 23.1 Å². The third kappa shape index (κ3) is 9.44. The number of ether oxygens (including phenoxy) is 3. The van der Waals surface area contributed by atoms with E-state index in [0.29, 0.717) is 75.6 Å². The van der Waals surface area contributed by atoms with E-state index >= 15 is 0 Å². The van der Waals surface area contributed by atoms with Gasteiger partial charge in [0.05, 0.1) is 54.8 Å². The Bertz CT molecular complexity index is 2420. The van der Waals surface area contributed by atoms with Gasteiger partial charge < -0.3 is 54.8 Å². The Labute approximate surface area is 368 Å². The molecule has 0 aliphatic carbocycles. The first kappa shape index (κ1) is 45.5. The van der Waals surface area contributed by atoms with Crippen LogP contribution in [-0.2, 0) is 35.5 Å². The second-order valence-electron chi connectivity index (χ2n) is 15.3. The zero-order valence-electron chi connectivity index (χ0n) is 34.3. The number of rotatable bonds is 5. The highest BCUT2D eigenvalue weighted by atomic mass is 79.9. The number of benzene rings is 4. The van der Waals surface area contributed by atoms with Crippen molar-refractivity contribution >= 4 is 80.7 Å². The van der Waals surface area contributed by atoms with Gasteiger partial charge in [0.15, 0.2) is 0 Å². The van der Waals surface area contributed by atoms with Crippen molar-refractivity contribution in [2.45, 2.75) is 65.1 Å². The molecule has 1 fully saturated rings. The van der Waals surface area contributed by atoms with Crippen LogP contribution in [0.25, 0.3) is 0 Å². The van der Waals surface area contributed by atoms with Gasteiger partial charge >= 0.3 is 14.2 Å². The van der Waals surface area contributed by atoms with Gasteiger partial charge in [0.2, 0.25) is 0 Å². The van der Waals surface area contributed by atoms with Gasteiger partial charge in [-0.05, 0) is 97.3 Å². The molecule has 20 heteroatoms. The molecular formula is C41H43B2Br2FN4O11. The van der Waals surface area contributed by atoms with Gasteiger partial charge in [0.25, 0.3) is 23.6 Å². The van der Waals surface area contributed by atoms with E-state index < -0.39 is 31.3 Å². The van der Waals surface area contributed by atoms with E-state index in [1.807, 2.05) is 45.9 Å². The molecule has 5 heterocycles. The number of nitrogens with one attached hydrogen (secondary N) is 4. The number of fused-ring (bicyclic) bond motifs is 4. The number of hydrogen-bond acceptors (Lipinski definition) is 11. The summed E-state index contributed by atoms with van der Waals surface area (Å²) in [5, 5.41) is 28.8. The standard InChI is InChI=1S/C15H20BNO4.C9H10BNO4.C9H8BrNO2.C8H5BrFNO/c1-14(2)15(3,4)21-16(20-14)10-6-9-8-17-13(18)12(9)11(7-10)19-5;1-15-7-3-6(10(13)14)2-5-4-11-9(12)8(5)7;1-13-7-3-6(10)2-5-4-11-9(12)8(5)7;9-5-1-4-3-11-8(12)7(4)6(10)2-5/h6-7H,8H2,1-5H3,(H,17,18);2-3,13-14H,4H2,1H3,(H,11,12);2-3H,4H2,1H3,(H,11,12);1-2H,3H2,(H,11,12). The smallest absolute Gasteiger partial charge is 0.494 e. The summed E-state index contributed by atoms with van der Waals surface area (Å²) in [6.07, 6.45) is 0. The second-order valence-corrected chi connectivity index (χ2v) is 17.1. The number of amides is 4. The highest BCUT2D eigenvalue weighted by Crippen LogP contribution is 2.37. The van der Waals surface area contributed by atoms with Crippen LogP contribution in [0.4, 0.5) is 4.39 Å². The first-order valence-electron chi connectivity index (χ1n) is 18.9. The zero-order valence-corrected chi connectivity index (χ0v) is 37.5. The fraction of sp³-hybridized carbons (Fsp3) is 0.317. The Balaban J connectivity index is 0.000000140. The monoisotopic (exact) mass is 966 g/mol. The van der Waals surface area contributed by atoms with Crippen LogP contribution in [-0.4, -0.2) is 80.4 Å². The van der Waals surface area contributed by atoms with Gasteiger partial charge in [0, 0.05) is 35.1 Å². The van der Waals surface area contributed by atoms with Crippen LogP contribution in [0, 0.1) is 5.82 Å². The van der Waals surface area contributed by atoms with E-state index in [-0.39, 0.29) is 29.2 Å². The maximum absolute atomic E-state index is 13.1. The summed E-state index contributed by atoms with van der Waals surface area (Å²) in [6.45, 7) is 9.98. The van der Waals surface area contributed by atoms with Crippen molar-refractivity contribution in [1.29, 1.82) is 0 Å². The summed E-state index contributed by atoms with van der Waals surface area (Å²) >= 11 is 6.51. The van der Waals surface area contributed by atoms with Crippen LogP contribution in [0.3, 0.4) is 0 Å². The highest BCUT2D eigenvalue weighted by molar-refractivity contribution is 9.10. The lowest BCUT2D eigenvalue weighted by Crippen LogP contribution is -2.41. The quantitative estimate of drug-likeness (QED) is 0.160. The molecule has 61 heavy (non-hydrogen) atoms. The molecule has 5 aliphatic rings. The van der Waals surface area contributed by atoms with Gasteiger partial charge in [-0.2, -0.15) is 0 Å². The first-order valence-corrected chi connectivity index (χ1v) is 20.5. The average Bonchev–Trinajstić information content (AvgIpc) is 4.02. The maximum Gasteiger partial charge on any atom is 0.494 e. The molecule has 6 N–H and O–H groups in total. The highest BCUT2D eigenvalue weighted by Gasteiger charge is 2.52. The molecule has 0 unspecified atom stereocenters. The largest absolute Gasteiger partial charge is 0.496 e. The van der Waals surface area contributed by atoms with Crippen LogP contribution >= 0.6 is 31.9 Å². The lowest BCUT2D eigenvalue weighted by molar-refractivity contribution is 0.00578. The number of carbonyl (C=O) groups is 4. The number of hydrogen-bond donors (Lipinski definition) is 6. The van der Waals surface area contributed by atoms with E-state index in [4.69, 9.17) is 33.6 Å². The van der Waals surface area contributed by atoms with Crippen molar-refractivity contribution in [2.75, 3.05) is 21.3 Å². The summed E-state index contributed by atoms with van der Waals surface area (Å²) in [6, 6.07) is 13.6. The van der Waals surface area contributed by atoms with E-state index in [1.54, 1.807) is 32.4 Å². The summed E-state index contributed by atoms with van der Waals surface area (Å²) in [5.74, 6) is 0.420. The van der Waals surface area contributed by atoms with Crippen molar-refractivity contribution in [3.8, 4) is 17.2 Å². The molecule has 0 aromatic heterocycles. The van der Waals surface area contributed by atoms with Crippen LogP contribution in [0.1, 0.15) is 91.4 Å². The van der Waals surface area contributed by atoms with Crippen LogP contribution < -0.4 is 46.4 Å². The maximum atomic E-state index is 13.1. The number of methoxy groups -OCH3 is 3. The Morgan fingerprint density at radius 2 is 0.967 bits per heavy atom. The summed E-state index contributed by atoms with van der Waals surface area (Å²) in [5.41, 5.74) is 5.68. The van der Waals surface area contributed by atoms with E-state index in [2.05, 4.69) is 53.1 Å². The molecule has 0 saturated carbocycles. The van der Waals surface area contributed by atoms with Crippen LogP contribution in [0.15, 0.2) is 57.5 Å². The predicted molar refractivity (Wildman–Crippen MR) is 231 cm³/mol. The third-order valence-corrected chi connectivity index (χ3v) is 11.8. The molecule has 4 aromatic carbocycles.